The van der Waals surface area contributed by atoms with E-state index >= 15 is 0 Å². The summed E-state index contributed by atoms with van der Waals surface area (Å²) in [6.45, 7) is 5.62. The Morgan fingerprint density at radius 1 is 1.12 bits per heavy atom. The van der Waals surface area contributed by atoms with Gasteiger partial charge in [0.15, 0.2) is 0 Å². The molecule has 212 valence electrons. The molecule has 9 heteroatoms. The number of nitriles is 2. The zero-order valence-electron chi connectivity index (χ0n) is 24.0. The van der Waals surface area contributed by atoms with Crippen molar-refractivity contribution in [1.82, 2.24) is 9.88 Å². The van der Waals surface area contributed by atoms with Crippen molar-refractivity contribution >= 4 is 34.0 Å². The second kappa shape index (κ2) is 12.8. The van der Waals surface area contributed by atoms with Crippen LogP contribution in [0.4, 0.5) is 5.00 Å². The van der Waals surface area contributed by atoms with Crippen LogP contribution in [0.15, 0.2) is 59.6 Å². The van der Waals surface area contributed by atoms with Crippen LogP contribution in [-0.4, -0.2) is 41.7 Å². The Bertz CT molecular complexity index is 1700. The van der Waals surface area contributed by atoms with Crippen molar-refractivity contribution in [3.8, 4) is 40.3 Å². The zero-order valence-corrected chi connectivity index (χ0v) is 25.7. The van der Waals surface area contributed by atoms with Crippen LogP contribution < -0.4 is 10.1 Å². The van der Waals surface area contributed by atoms with E-state index in [2.05, 4.69) is 29.4 Å². The van der Waals surface area contributed by atoms with E-state index in [9.17, 15) is 15.3 Å². The summed E-state index contributed by atoms with van der Waals surface area (Å²) in [5.41, 5.74) is 6.40. The van der Waals surface area contributed by atoms with Gasteiger partial charge in [0.05, 0.1) is 29.2 Å². The Kier molecular flexibility index (Phi) is 8.94. The summed E-state index contributed by atoms with van der Waals surface area (Å²) in [4.78, 5) is 21.9. The van der Waals surface area contributed by atoms with Crippen LogP contribution in [0.2, 0.25) is 0 Å². The molecule has 0 saturated heterocycles. The first-order chi connectivity index (χ1) is 20.3. The van der Waals surface area contributed by atoms with Crippen molar-refractivity contribution in [3.63, 3.8) is 0 Å². The van der Waals surface area contributed by atoms with Gasteiger partial charge in [-0.2, -0.15) is 10.5 Å². The molecule has 1 aliphatic rings. The molecule has 0 bridgehead atoms. The molecular weight excluding hydrogens is 563 g/mol. The fraction of sp³-hybridized carbons (Fsp3) is 0.273. The summed E-state index contributed by atoms with van der Waals surface area (Å²) in [6.07, 6.45) is 1.31. The van der Waals surface area contributed by atoms with Crippen LogP contribution in [0.25, 0.3) is 22.4 Å². The lowest BCUT2D eigenvalue weighted by Crippen LogP contribution is -2.25. The standard InChI is InChI=1S/C33H31N5O2S2/c1-5-29(31(39)37-33-26(17-34)24-14-15-38(3)19-30(24)42-33)41-32-27(18-35)25(21-8-6-20(2)7-9-21)16-28(36-32)22-10-12-23(40-4)13-11-22/h6-13,16,29H,5,14-15,19H2,1-4H3,(H,37,39). The predicted molar refractivity (Wildman–Crippen MR) is 169 cm³/mol. The van der Waals surface area contributed by atoms with Crippen LogP contribution in [0, 0.1) is 29.6 Å². The molecule has 0 fully saturated rings. The van der Waals surface area contributed by atoms with Gasteiger partial charge in [-0.1, -0.05) is 48.5 Å². The van der Waals surface area contributed by atoms with E-state index in [4.69, 9.17) is 9.72 Å². The van der Waals surface area contributed by atoms with E-state index in [-0.39, 0.29) is 5.91 Å². The van der Waals surface area contributed by atoms with E-state index in [0.717, 1.165) is 58.0 Å². The van der Waals surface area contributed by atoms with Gasteiger partial charge in [-0.25, -0.2) is 4.98 Å². The molecule has 1 aliphatic heterocycles. The van der Waals surface area contributed by atoms with E-state index < -0.39 is 5.25 Å². The van der Waals surface area contributed by atoms with Crippen LogP contribution in [0.5, 0.6) is 5.75 Å². The summed E-state index contributed by atoms with van der Waals surface area (Å²) in [5.74, 6) is 0.533. The molecule has 1 unspecified atom stereocenters. The number of hydrogen-bond donors (Lipinski definition) is 1. The van der Waals surface area contributed by atoms with E-state index in [1.165, 1.54) is 23.1 Å². The van der Waals surface area contributed by atoms with Gasteiger partial charge >= 0.3 is 0 Å². The lowest BCUT2D eigenvalue weighted by atomic mass is 9.98. The number of fused-ring (bicyclic) bond motifs is 1. The summed E-state index contributed by atoms with van der Waals surface area (Å²) >= 11 is 2.77. The maximum Gasteiger partial charge on any atom is 0.238 e. The molecule has 1 atom stereocenters. The summed E-state index contributed by atoms with van der Waals surface area (Å²) in [6, 6.07) is 22.3. The Labute approximate surface area is 254 Å². The predicted octanol–water partition coefficient (Wildman–Crippen LogP) is 7.03. The number of thiophene rings is 1. The van der Waals surface area contributed by atoms with Crippen molar-refractivity contribution in [2.24, 2.45) is 0 Å². The largest absolute Gasteiger partial charge is 0.497 e. The van der Waals surface area contributed by atoms with Crippen molar-refractivity contribution in [1.29, 1.82) is 10.5 Å². The molecule has 5 rings (SSSR count). The van der Waals surface area contributed by atoms with Gasteiger partial charge in [0, 0.05) is 29.1 Å². The number of benzene rings is 2. The highest BCUT2D eigenvalue weighted by atomic mass is 32.2. The van der Waals surface area contributed by atoms with Gasteiger partial charge in [-0.05, 0) is 68.3 Å². The fourth-order valence-corrected chi connectivity index (χ4v) is 7.28. The summed E-state index contributed by atoms with van der Waals surface area (Å²) in [7, 11) is 3.68. The number of aryl methyl sites for hydroxylation is 1. The molecule has 7 nitrogen and oxygen atoms in total. The number of nitrogens with one attached hydrogen (secondary N) is 1. The molecule has 0 saturated carbocycles. The Morgan fingerprint density at radius 2 is 1.81 bits per heavy atom. The number of nitrogens with zero attached hydrogens (tertiary/aromatic N) is 4. The first-order valence-electron chi connectivity index (χ1n) is 13.7. The normalized spacial score (nSPS) is 13.5. The number of hydrogen-bond acceptors (Lipinski definition) is 8. The minimum absolute atomic E-state index is 0.205. The lowest BCUT2D eigenvalue weighted by molar-refractivity contribution is -0.115. The van der Waals surface area contributed by atoms with Gasteiger partial charge in [0.25, 0.3) is 0 Å². The maximum absolute atomic E-state index is 13.6. The topological polar surface area (TPSA) is 102 Å². The van der Waals surface area contributed by atoms with E-state index in [1.54, 1.807) is 7.11 Å². The molecule has 0 aliphatic carbocycles. The first kappa shape index (κ1) is 29.3. The number of likely N-dealkylation sites (N-methyl/N-ethyl adjacent to an activating group) is 1. The SMILES string of the molecule is CCC(Sc1nc(-c2ccc(OC)cc2)cc(-c2ccc(C)cc2)c1C#N)C(=O)Nc1sc2c(c1C#N)CCN(C)C2. The van der Waals surface area contributed by atoms with Gasteiger partial charge < -0.3 is 15.0 Å². The Balaban J connectivity index is 1.52. The third-order valence-corrected chi connectivity index (χ3v) is 9.84. The van der Waals surface area contributed by atoms with Crippen LogP contribution >= 0.6 is 23.1 Å². The summed E-state index contributed by atoms with van der Waals surface area (Å²) in [5, 5.41) is 23.9. The molecule has 1 N–H and O–H groups in total. The number of carbonyl (C=O) groups is 1. The fourth-order valence-electron chi connectivity index (χ4n) is 4.97. The van der Waals surface area contributed by atoms with Crippen molar-refractivity contribution < 1.29 is 9.53 Å². The number of amides is 1. The minimum atomic E-state index is -0.519. The summed E-state index contributed by atoms with van der Waals surface area (Å²) < 4.78 is 5.33. The number of aromatic nitrogens is 1. The maximum atomic E-state index is 13.6. The van der Waals surface area contributed by atoms with Gasteiger partial charge in [-0.3, -0.25) is 4.79 Å². The number of rotatable bonds is 8. The molecule has 1 amide bonds. The molecule has 3 heterocycles. The second-order valence-electron chi connectivity index (χ2n) is 10.3. The number of ether oxygens (including phenoxy) is 1. The number of thioether (sulfide) groups is 1. The third-order valence-electron chi connectivity index (χ3n) is 7.36. The number of anilines is 1. The van der Waals surface area contributed by atoms with Crippen LogP contribution in [0.3, 0.4) is 0 Å². The lowest BCUT2D eigenvalue weighted by Gasteiger charge is -2.21. The van der Waals surface area contributed by atoms with Crippen molar-refractivity contribution in [2.45, 2.75) is 43.5 Å². The second-order valence-corrected chi connectivity index (χ2v) is 12.5. The molecular formula is C33H31N5O2S2. The molecule has 0 radical (unpaired) electrons. The van der Waals surface area contributed by atoms with Crippen molar-refractivity contribution in [2.75, 3.05) is 26.0 Å². The Morgan fingerprint density at radius 3 is 2.45 bits per heavy atom. The Hall–Kier alpha value is -4.15. The van der Waals surface area contributed by atoms with E-state index in [0.29, 0.717) is 33.3 Å². The van der Waals surface area contributed by atoms with Gasteiger partial charge in [0.1, 0.15) is 27.9 Å². The average molecular weight is 594 g/mol. The average Bonchev–Trinajstić information content (AvgIpc) is 3.35. The monoisotopic (exact) mass is 593 g/mol. The quantitative estimate of drug-likeness (QED) is 0.219. The van der Waals surface area contributed by atoms with Gasteiger partial charge in [0.2, 0.25) is 5.91 Å². The highest BCUT2D eigenvalue weighted by molar-refractivity contribution is 8.00. The molecule has 2 aromatic carbocycles. The van der Waals surface area contributed by atoms with Crippen LogP contribution in [-0.2, 0) is 17.8 Å². The van der Waals surface area contributed by atoms with E-state index in [1.807, 2.05) is 68.4 Å². The molecule has 0 spiro atoms. The third kappa shape index (κ3) is 6.05. The number of carbonyl (C=O) groups excluding carboxylic acids is 1. The minimum Gasteiger partial charge on any atom is -0.497 e. The number of methoxy groups -OCH3 is 1. The van der Waals surface area contributed by atoms with Crippen molar-refractivity contribution in [3.05, 3.63) is 81.7 Å². The molecule has 2 aromatic heterocycles. The van der Waals surface area contributed by atoms with Gasteiger partial charge in [-0.15, -0.1) is 11.3 Å². The highest BCUT2D eigenvalue weighted by Gasteiger charge is 2.27. The molecule has 42 heavy (non-hydrogen) atoms. The smallest absolute Gasteiger partial charge is 0.238 e. The number of pyridine rings is 1. The van der Waals surface area contributed by atoms with Crippen LogP contribution in [0.1, 0.15) is 40.5 Å². The highest BCUT2D eigenvalue weighted by Crippen LogP contribution is 2.39. The zero-order chi connectivity index (χ0) is 29.8. The molecule has 4 aromatic rings. The first-order valence-corrected chi connectivity index (χ1v) is 15.4.